The Morgan fingerprint density at radius 2 is 1.42 bits per heavy atom. The highest BCUT2D eigenvalue weighted by Gasteiger charge is 2.37. The molecule has 0 aliphatic heterocycles. The fourth-order valence-corrected chi connectivity index (χ4v) is 3.06. The smallest absolute Gasteiger partial charge is 0.324 e. The number of benzene rings is 2. The number of aromatic nitrogens is 2. The molecule has 2 N–H and O–H groups in total. The van der Waals surface area contributed by atoms with Gasteiger partial charge in [-0.25, -0.2) is 4.68 Å². The van der Waals surface area contributed by atoms with Crippen LogP contribution in [0.3, 0.4) is 0 Å². The van der Waals surface area contributed by atoms with Crippen molar-refractivity contribution in [3.63, 3.8) is 0 Å². The Balaban J connectivity index is 1.80. The summed E-state index contributed by atoms with van der Waals surface area (Å²) >= 11 is 0. The van der Waals surface area contributed by atoms with E-state index in [9.17, 15) is 40.7 Å². The van der Waals surface area contributed by atoms with E-state index in [4.69, 9.17) is 0 Å². The summed E-state index contributed by atoms with van der Waals surface area (Å²) in [5.41, 5.74) is -2.74. The molecule has 2 aromatic carbocycles. The number of nitrogens with zero attached hydrogens (tertiary/aromatic N) is 2. The molecule has 0 bridgehead atoms. The van der Waals surface area contributed by atoms with Gasteiger partial charge in [0.15, 0.2) is 0 Å². The second-order valence-corrected chi connectivity index (χ2v) is 7.81. The topological polar surface area (TPSA) is 93.1 Å². The largest absolute Gasteiger partial charge is 0.416 e. The summed E-state index contributed by atoms with van der Waals surface area (Å²) in [5, 5.41) is 8.25. The minimum atomic E-state index is -5.10. The normalized spacial score (nSPS) is 11.8. The molecule has 0 saturated heterocycles. The highest BCUT2D eigenvalue weighted by molar-refractivity contribution is 6.02. The van der Waals surface area contributed by atoms with Gasteiger partial charge in [0.05, 0.1) is 11.1 Å². The van der Waals surface area contributed by atoms with E-state index < -0.39 is 53.1 Å². The number of aryl methyl sites for hydroxylation is 2. The standard InChI is InChI=1S/C23H18F6N4O3/c1-12-3-4-16(7-13(12)2)31-21(36)18-5-6-20(35)33(32-18)11-19(34)30-17-9-14(22(24,25)26)8-15(10-17)23(27,28)29/h3-10H,11H2,1-2H3,(H,30,34)(H,31,36). The predicted octanol–water partition coefficient (Wildman–Crippen LogP) is 4.79. The Hall–Kier alpha value is -4.16. The number of rotatable bonds is 5. The SMILES string of the molecule is Cc1ccc(NC(=O)c2ccc(=O)n(CC(=O)Nc3cc(C(F)(F)F)cc(C(F)(F)F)c3)n2)cc1C. The first kappa shape index (κ1) is 26.4. The van der Waals surface area contributed by atoms with E-state index >= 15 is 0 Å². The lowest BCUT2D eigenvalue weighted by atomic mass is 10.1. The van der Waals surface area contributed by atoms with Crippen molar-refractivity contribution in [3.05, 3.63) is 86.8 Å². The molecule has 7 nitrogen and oxygen atoms in total. The van der Waals surface area contributed by atoms with Crippen molar-refractivity contribution in [2.75, 3.05) is 10.6 Å². The van der Waals surface area contributed by atoms with Crippen LogP contribution in [0, 0.1) is 13.8 Å². The Morgan fingerprint density at radius 1 is 0.806 bits per heavy atom. The van der Waals surface area contributed by atoms with E-state index in [1.54, 1.807) is 18.2 Å². The third-order valence-electron chi connectivity index (χ3n) is 5.03. The van der Waals surface area contributed by atoms with E-state index in [0.29, 0.717) is 22.5 Å². The molecule has 0 saturated carbocycles. The molecule has 2 amide bonds. The Labute approximate surface area is 199 Å². The van der Waals surface area contributed by atoms with E-state index in [-0.39, 0.29) is 11.8 Å². The summed E-state index contributed by atoms with van der Waals surface area (Å²) in [4.78, 5) is 36.9. The number of carbonyl (C=O) groups excluding carboxylic acids is 2. The second kappa shape index (κ2) is 9.84. The van der Waals surface area contributed by atoms with Crippen molar-refractivity contribution in [1.82, 2.24) is 9.78 Å². The van der Waals surface area contributed by atoms with Crippen LogP contribution in [0.5, 0.6) is 0 Å². The van der Waals surface area contributed by atoms with Crippen molar-refractivity contribution < 1.29 is 35.9 Å². The molecule has 0 atom stereocenters. The second-order valence-electron chi connectivity index (χ2n) is 7.81. The van der Waals surface area contributed by atoms with Gasteiger partial charge in [0.25, 0.3) is 11.5 Å². The van der Waals surface area contributed by atoms with Gasteiger partial charge >= 0.3 is 12.4 Å². The van der Waals surface area contributed by atoms with E-state index in [2.05, 4.69) is 10.4 Å². The van der Waals surface area contributed by atoms with Crippen LogP contribution in [0.4, 0.5) is 37.7 Å². The molecule has 0 unspecified atom stereocenters. The Morgan fingerprint density at radius 3 is 1.97 bits per heavy atom. The van der Waals surface area contributed by atoms with Gasteiger partial charge in [0.1, 0.15) is 12.2 Å². The molecule has 0 radical (unpaired) electrons. The van der Waals surface area contributed by atoms with Gasteiger partial charge in [-0.1, -0.05) is 6.07 Å². The summed E-state index contributed by atoms with van der Waals surface area (Å²) in [6.45, 7) is 2.85. The number of carbonyl (C=O) groups is 2. The molecule has 3 aromatic rings. The molecule has 3 rings (SSSR count). The molecule has 13 heteroatoms. The lowest BCUT2D eigenvalue weighted by Crippen LogP contribution is -2.31. The lowest BCUT2D eigenvalue weighted by Gasteiger charge is -2.15. The quantitative estimate of drug-likeness (QED) is 0.481. The zero-order valence-electron chi connectivity index (χ0n) is 18.7. The minimum Gasteiger partial charge on any atom is -0.324 e. The maximum Gasteiger partial charge on any atom is 0.416 e. The molecule has 1 heterocycles. The summed E-state index contributed by atoms with van der Waals surface area (Å²) < 4.78 is 78.7. The number of nitrogens with one attached hydrogen (secondary N) is 2. The van der Waals surface area contributed by atoms with Crippen molar-refractivity contribution >= 4 is 23.2 Å². The summed E-state index contributed by atoms with van der Waals surface area (Å²) in [5.74, 6) is -1.84. The zero-order valence-corrected chi connectivity index (χ0v) is 18.7. The molecular weight excluding hydrogens is 494 g/mol. The van der Waals surface area contributed by atoms with Gasteiger partial charge in [0, 0.05) is 17.4 Å². The number of hydrogen-bond donors (Lipinski definition) is 2. The van der Waals surface area contributed by atoms with Gasteiger partial charge in [0.2, 0.25) is 5.91 Å². The molecule has 190 valence electrons. The maximum atomic E-state index is 13.0. The third kappa shape index (κ3) is 6.49. The van der Waals surface area contributed by atoms with Gasteiger partial charge in [-0.2, -0.15) is 31.4 Å². The predicted molar refractivity (Wildman–Crippen MR) is 117 cm³/mol. The average molecular weight is 512 g/mol. The van der Waals surface area contributed by atoms with Crippen molar-refractivity contribution in [3.8, 4) is 0 Å². The molecular formula is C23H18F6N4O3. The minimum absolute atomic E-state index is 0.0840. The number of amides is 2. The van der Waals surface area contributed by atoms with Crippen LogP contribution in [-0.4, -0.2) is 21.6 Å². The van der Waals surface area contributed by atoms with Gasteiger partial charge in [-0.05, 0) is 61.4 Å². The average Bonchev–Trinajstić information content (AvgIpc) is 2.76. The van der Waals surface area contributed by atoms with Crippen molar-refractivity contribution in [1.29, 1.82) is 0 Å². The summed E-state index contributed by atoms with van der Waals surface area (Å²) in [6.07, 6.45) is -10.2. The van der Waals surface area contributed by atoms with Crippen LogP contribution in [0.2, 0.25) is 0 Å². The van der Waals surface area contributed by atoms with Crippen LogP contribution in [0.15, 0.2) is 53.3 Å². The monoisotopic (exact) mass is 512 g/mol. The van der Waals surface area contributed by atoms with E-state index in [0.717, 1.165) is 23.3 Å². The summed E-state index contributed by atoms with van der Waals surface area (Å²) in [7, 11) is 0. The van der Waals surface area contributed by atoms with Crippen LogP contribution in [0.1, 0.15) is 32.7 Å². The number of alkyl halides is 6. The highest BCUT2D eigenvalue weighted by atomic mass is 19.4. The maximum absolute atomic E-state index is 13.0. The van der Waals surface area contributed by atoms with Crippen molar-refractivity contribution in [2.24, 2.45) is 0 Å². The molecule has 0 spiro atoms. The van der Waals surface area contributed by atoms with Crippen LogP contribution < -0.4 is 16.2 Å². The first-order valence-electron chi connectivity index (χ1n) is 10.2. The molecule has 1 aromatic heterocycles. The van der Waals surface area contributed by atoms with E-state index in [1.807, 2.05) is 19.2 Å². The van der Waals surface area contributed by atoms with Crippen LogP contribution in [0.25, 0.3) is 0 Å². The lowest BCUT2D eigenvalue weighted by molar-refractivity contribution is -0.143. The van der Waals surface area contributed by atoms with E-state index in [1.165, 1.54) is 0 Å². The van der Waals surface area contributed by atoms with Gasteiger partial charge in [-0.15, -0.1) is 0 Å². The molecule has 0 fully saturated rings. The van der Waals surface area contributed by atoms with Gasteiger partial charge in [-0.3, -0.25) is 14.4 Å². The highest BCUT2D eigenvalue weighted by Crippen LogP contribution is 2.37. The summed E-state index contributed by atoms with van der Waals surface area (Å²) in [6, 6.07) is 7.76. The molecule has 0 aliphatic rings. The Bertz CT molecular complexity index is 1350. The zero-order chi connectivity index (χ0) is 26.8. The van der Waals surface area contributed by atoms with Crippen LogP contribution >= 0.6 is 0 Å². The fraction of sp³-hybridized carbons (Fsp3) is 0.217. The third-order valence-corrected chi connectivity index (χ3v) is 5.03. The van der Waals surface area contributed by atoms with Crippen molar-refractivity contribution in [2.45, 2.75) is 32.7 Å². The molecule has 0 aliphatic carbocycles. The van der Waals surface area contributed by atoms with Gasteiger partial charge < -0.3 is 10.6 Å². The number of anilines is 2. The van der Waals surface area contributed by atoms with Crippen LogP contribution in [-0.2, 0) is 23.7 Å². The molecule has 36 heavy (non-hydrogen) atoms. The Kier molecular flexibility index (Phi) is 7.22. The number of hydrogen-bond acceptors (Lipinski definition) is 4. The fourth-order valence-electron chi connectivity index (χ4n) is 3.06. The first-order chi connectivity index (χ1) is 16.6. The number of halogens is 6. The first-order valence-corrected chi connectivity index (χ1v) is 10.2.